The zero-order chi connectivity index (χ0) is 13.5. The molecule has 1 aliphatic rings. The first kappa shape index (κ1) is 14.5. The van der Waals surface area contributed by atoms with Gasteiger partial charge in [0.1, 0.15) is 0 Å². The number of aryl methyl sites for hydroxylation is 1. The zero-order valence-corrected chi connectivity index (χ0v) is 12.3. The van der Waals surface area contributed by atoms with E-state index in [2.05, 4.69) is 36.5 Å². The van der Waals surface area contributed by atoms with Crippen LogP contribution in [0.4, 0.5) is 0 Å². The van der Waals surface area contributed by atoms with Crippen LogP contribution in [0.3, 0.4) is 0 Å². The van der Waals surface area contributed by atoms with E-state index in [0.717, 1.165) is 25.1 Å². The fraction of sp³-hybridized carbons (Fsp3) is 0.647. The van der Waals surface area contributed by atoms with Crippen molar-refractivity contribution in [3.8, 4) is 0 Å². The van der Waals surface area contributed by atoms with Crippen LogP contribution in [0.2, 0.25) is 0 Å². The van der Waals surface area contributed by atoms with Gasteiger partial charge in [0, 0.05) is 19.8 Å². The van der Waals surface area contributed by atoms with Gasteiger partial charge in [-0.3, -0.25) is 0 Å². The standard InChI is InChI=1S/C17H27NO/c1-14-8-4-5-9-17(14)15-12-16(13-15)18-10-6-3-7-11-19-2/h4-5,8-9,15-16,18H,3,6-7,10-13H2,1-2H3. The highest BCUT2D eigenvalue weighted by Gasteiger charge is 2.30. The Morgan fingerprint density at radius 3 is 2.68 bits per heavy atom. The summed E-state index contributed by atoms with van der Waals surface area (Å²) in [5.74, 6) is 0.784. The van der Waals surface area contributed by atoms with Gasteiger partial charge in [-0.1, -0.05) is 24.3 Å². The Labute approximate surface area is 117 Å². The summed E-state index contributed by atoms with van der Waals surface area (Å²) in [6.45, 7) is 4.29. The van der Waals surface area contributed by atoms with Gasteiger partial charge < -0.3 is 10.1 Å². The lowest BCUT2D eigenvalue weighted by Crippen LogP contribution is -2.40. The van der Waals surface area contributed by atoms with Crippen molar-refractivity contribution in [3.05, 3.63) is 35.4 Å². The maximum Gasteiger partial charge on any atom is 0.0462 e. The van der Waals surface area contributed by atoms with Gasteiger partial charge in [0.15, 0.2) is 0 Å². The monoisotopic (exact) mass is 261 g/mol. The molecule has 1 N–H and O–H groups in total. The van der Waals surface area contributed by atoms with Crippen LogP contribution in [-0.4, -0.2) is 26.3 Å². The average molecular weight is 261 g/mol. The summed E-state index contributed by atoms with van der Waals surface area (Å²) in [5, 5.41) is 3.67. The molecule has 1 fully saturated rings. The topological polar surface area (TPSA) is 21.3 Å². The van der Waals surface area contributed by atoms with Crippen molar-refractivity contribution < 1.29 is 4.74 Å². The number of rotatable bonds is 8. The zero-order valence-electron chi connectivity index (χ0n) is 12.3. The van der Waals surface area contributed by atoms with E-state index >= 15 is 0 Å². The van der Waals surface area contributed by atoms with E-state index in [0.29, 0.717) is 0 Å². The van der Waals surface area contributed by atoms with Crippen LogP contribution in [0.15, 0.2) is 24.3 Å². The van der Waals surface area contributed by atoms with Gasteiger partial charge in [0.2, 0.25) is 0 Å². The number of ether oxygens (including phenoxy) is 1. The Balaban J connectivity index is 1.58. The predicted molar refractivity (Wildman–Crippen MR) is 80.7 cm³/mol. The van der Waals surface area contributed by atoms with Gasteiger partial charge in [-0.05, 0) is 62.6 Å². The van der Waals surface area contributed by atoms with Crippen LogP contribution < -0.4 is 5.32 Å². The van der Waals surface area contributed by atoms with Crippen molar-refractivity contribution in [2.75, 3.05) is 20.3 Å². The maximum absolute atomic E-state index is 5.06. The maximum atomic E-state index is 5.06. The third-order valence-corrected chi connectivity index (χ3v) is 4.22. The van der Waals surface area contributed by atoms with Crippen LogP contribution in [0.5, 0.6) is 0 Å². The van der Waals surface area contributed by atoms with Crippen molar-refractivity contribution >= 4 is 0 Å². The molecule has 1 aliphatic carbocycles. The highest BCUT2D eigenvalue weighted by Crippen LogP contribution is 2.38. The number of nitrogens with one attached hydrogen (secondary N) is 1. The van der Waals surface area contributed by atoms with Crippen LogP contribution in [0.1, 0.15) is 49.1 Å². The molecule has 0 aromatic heterocycles. The Bertz CT molecular complexity index is 371. The van der Waals surface area contributed by atoms with E-state index in [-0.39, 0.29) is 0 Å². The van der Waals surface area contributed by atoms with E-state index in [1.165, 1.54) is 37.7 Å². The van der Waals surface area contributed by atoms with Crippen molar-refractivity contribution in [1.82, 2.24) is 5.32 Å². The lowest BCUT2D eigenvalue weighted by Gasteiger charge is -2.37. The Kier molecular flexibility index (Phi) is 5.87. The molecule has 2 rings (SSSR count). The van der Waals surface area contributed by atoms with Crippen LogP contribution in [-0.2, 0) is 4.74 Å². The molecular formula is C17H27NO. The Hall–Kier alpha value is -0.860. The lowest BCUT2D eigenvalue weighted by molar-refractivity contribution is 0.191. The number of hydrogen-bond donors (Lipinski definition) is 1. The second-order valence-corrected chi connectivity index (χ2v) is 5.73. The molecule has 0 radical (unpaired) electrons. The third kappa shape index (κ3) is 4.32. The van der Waals surface area contributed by atoms with Crippen molar-refractivity contribution in [3.63, 3.8) is 0 Å². The highest BCUT2D eigenvalue weighted by atomic mass is 16.5. The molecule has 1 saturated carbocycles. The molecule has 0 aliphatic heterocycles. The Morgan fingerprint density at radius 2 is 1.95 bits per heavy atom. The molecule has 106 valence electrons. The summed E-state index contributed by atoms with van der Waals surface area (Å²) in [5.41, 5.74) is 3.01. The molecule has 0 atom stereocenters. The largest absolute Gasteiger partial charge is 0.385 e. The van der Waals surface area contributed by atoms with Gasteiger partial charge >= 0.3 is 0 Å². The average Bonchev–Trinajstić information content (AvgIpc) is 2.37. The number of benzene rings is 1. The fourth-order valence-corrected chi connectivity index (χ4v) is 2.94. The van der Waals surface area contributed by atoms with Gasteiger partial charge in [-0.25, -0.2) is 0 Å². The molecule has 0 bridgehead atoms. The van der Waals surface area contributed by atoms with Crippen molar-refractivity contribution in [2.45, 2.75) is 51.0 Å². The van der Waals surface area contributed by atoms with Gasteiger partial charge in [-0.2, -0.15) is 0 Å². The summed E-state index contributed by atoms with van der Waals surface area (Å²) in [6, 6.07) is 9.56. The molecule has 2 nitrogen and oxygen atoms in total. The number of methoxy groups -OCH3 is 1. The van der Waals surface area contributed by atoms with E-state index < -0.39 is 0 Å². The summed E-state index contributed by atoms with van der Waals surface area (Å²) in [6.07, 6.45) is 6.35. The minimum Gasteiger partial charge on any atom is -0.385 e. The first-order valence-corrected chi connectivity index (χ1v) is 7.59. The smallest absolute Gasteiger partial charge is 0.0462 e. The molecule has 2 heteroatoms. The fourth-order valence-electron chi connectivity index (χ4n) is 2.94. The minimum atomic E-state index is 0.743. The van der Waals surface area contributed by atoms with Gasteiger partial charge in [-0.15, -0.1) is 0 Å². The van der Waals surface area contributed by atoms with Gasteiger partial charge in [0.05, 0.1) is 0 Å². The van der Waals surface area contributed by atoms with E-state index in [4.69, 9.17) is 4.74 Å². The van der Waals surface area contributed by atoms with Crippen LogP contribution >= 0.6 is 0 Å². The summed E-state index contributed by atoms with van der Waals surface area (Å²) in [7, 11) is 1.78. The highest BCUT2D eigenvalue weighted by molar-refractivity contribution is 5.31. The molecule has 0 saturated heterocycles. The molecule has 0 amide bonds. The second kappa shape index (κ2) is 7.66. The SMILES string of the molecule is COCCCCCNC1CC(c2ccccc2C)C1. The molecule has 1 aromatic rings. The van der Waals surface area contributed by atoms with Crippen molar-refractivity contribution in [2.24, 2.45) is 0 Å². The summed E-state index contributed by atoms with van der Waals surface area (Å²) >= 11 is 0. The lowest BCUT2D eigenvalue weighted by atomic mass is 9.74. The van der Waals surface area contributed by atoms with Crippen LogP contribution in [0.25, 0.3) is 0 Å². The third-order valence-electron chi connectivity index (χ3n) is 4.22. The molecule has 0 heterocycles. The number of unbranched alkanes of at least 4 members (excludes halogenated alkanes) is 2. The number of hydrogen-bond acceptors (Lipinski definition) is 2. The quantitative estimate of drug-likeness (QED) is 0.721. The first-order chi connectivity index (χ1) is 9.31. The van der Waals surface area contributed by atoms with Gasteiger partial charge in [0.25, 0.3) is 0 Å². The van der Waals surface area contributed by atoms with E-state index in [9.17, 15) is 0 Å². The summed E-state index contributed by atoms with van der Waals surface area (Å²) in [4.78, 5) is 0. The van der Waals surface area contributed by atoms with E-state index in [1.807, 2.05) is 0 Å². The van der Waals surface area contributed by atoms with Crippen molar-refractivity contribution in [1.29, 1.82) is 0 Å². The summed E-state index contributed by atoms with van der Waals surface area (Å²) < 4.78 is 5.06. The second-order valence-electron chi connectivity index (χ2n) is 5.73. The molecule has 0 spiro atoms. The van der Waals surface area contributed by atoms with E-state index in [1.54, 1.807) is 12.7 Å². The first-order valence-electron chi connectivity index (χ1n) is 7.59. The molecular weight excluding hydrogens is 234 g/mol. The molecule has 1 aromatic carbocycles. The predicted octanol–water partition coefficient (Wildman–Crippen LogP) is 3.65. The Morgan fingerprint density at radius 1 is 1.16 bits per heavy atom. The molecule has 19 heavy (non-hydrogen) atoms. The molecule has 0 unspecified atom stereocenters. The van der Waals surface area contributed by atoms with Crippen LogP contribution in [0, 0.1) is 6.92 Å². The minimum absolute atomic E-state index is 0.743. The normalized spacial score (nSPS) is 22.2.